The van der Waals surface area contributed by atoms with Crippen LogP contribution in [0.1, 0.15) is 20.8 Å². The molecule has 0 aromatic heterocycles. The van der Waals surface area contributed by atoms with E-state index in [4.69, 9.17) is 11.1 Å². The van der Waals surface area contributed by atoms with E-state index in [1.54, 1.807) is 4.90 Å². The van der Waals surface area contributed by atoms with E-state index >= 15 is 0 Å². The summed E-state index contributed by atoms with van der Waals surface area (Å²) in [6, 6.07) is 0. The number of rotatable bonds is 7. The Morgan fingerprint density at radius 3 is 2.47 bits per heavy atom. The Bertz CT molecular complexity index is 380. The summed E-state index contributed by atoms with van der Waals surface area (Å²) in [6.07, 6.45) is 4.82. The molecule has 19 heavy (non-hydrogen) atoms. The second-order valence-electron chi connectivity index (χ2n) is 4.32. The van der Waals surface area contributed by atoms with Crippen molar-refractivity contribution in [3.05, 3.63) is 36.2 Å². The summed E-state index contributed by atoms with van der Waals surface area (Å²) in [6.45, 7) is 8.85. The van der Waals surface area contributed by atoms with Crippen molar-refractivity contribution in [3.63, 3.8) is 0 Å². The van der Waals surface area contributed by atoms with Crippen molar-refractivity contribution >= 4 is 17.6 Å². The minimum atomic E-state index is -2.82. The molecule has 0 aliphatic carbocycles. The van der Waals surface area contributed by atoms with E-state index in [2.05, 4.69) is 6.58 Å². The van der Waals surface area contributed by atoms with E-state index in [-0.39, 0.29) is 17.3 Å². The first-order chi connectivity index (χ1) is 8.65. The first-order valence-electron chi connectivity index (χ1n) is 5.74. The Hall–Kier alpha value is -1.30. The molecule has 0 heterocycles. The standard InChI is InChI=1S/C13H21F2N3S/c1-5-18(7-6-10(2)3)12(17)8-11(16)9-19-13(4,14)15/h5-6,8,17H,1,7,9,16H2,2-4H3/b11-8-,17-12?. The third-order valence-corrected chi connectivity index (χ3v) is 3.03. The third-order valence-electron chi connectivity index (χ3n) is 2.04. The maximum absolute atomic E-state index is 12.6. The van der Waals surface area contributed by atoms with Crippen LogP contribution in [0.4, 0.5) is 8.78 Å². The first-order valence-corrected chi connectivity index (χ1v) is 6.73. The predicted molar refractivity (Wildman–Crippen MR) is 79.4 cm³/mol. The highest BCUT2D eigenvalue weighted by atomic mass is 32.2. The van der Waals surface area contributed by atoms with Crippen LogP contribution in [0.25, 0.3) is 0 Å². The molecule has 0 spiro atoms. The molecule has 0 aromatic rings. The zero-order valence-corrected chi connectivity index (χ0v) is 12.4. The molecule has 0 radical (unpaired) electrons. The van der Waals surface area contributed by atoms with Gasteiger partial charge in [0.1, 0.15) is 5.84 Å². The molecule has 0 bridgehead atoms. The Kier molecular flexibility index (Phi) is 7.44. The molecule has 6 heteroatoms. The van der Waals surface area contributed by atoms with Gasteiger partial charge in [0.15, 0.2) is 0 Å². The molecule has 0 rings (SSSR count). The molecule has 0 amide bonds. The number of nitrogens with zero attached hydrogens (tertiary/aromatic N) is 1. The normalized spacial score (nSPS) is 11.9. The van der Waals surface area contributed by atoms with Crippen molar-refractivity contribution in [2.24, 2.45) is 5.73 Å². The molecule has 0 aliphatic heterocycles. The highest BCUT2D eigenvalue weighted by molar-refractivity contribution is 8.00. The van der Waals surface area contributed by atoms with Crippen LogP contribution in [-0.4, -0.2) is 28.3 Å². The summed E-state index contributed by atoms with van der Waals surface area (Å²) in [5.41, 5.74) is 6.98. The summed E-state index contributed by atoms with van der Waals surface area (Å²) in [5, 5.41) is 5.01. The Balaban J connectivity index is 4.53. The molecule has 0 aromatic carbocycles. The number of hydrogen-bond donors (Lipinski definition) is 2. The number of nitrogens with two attached hydrogens (primary N) is 1. The van der Waals surface area contributed by atoms with Gasteiger partial charge in [-0.2, -0.15) is 8.78 Å². The summed E-state index contributed by atoms with van der Waals surface area (Å²) in [4.78, 5) is 1.58. The van der Waals surface area contributed by atoms with Gasteiger partial charge in [-0.3, -0.25) is 5.41 Å². The number of halogens is 2. The van der Waals surface area contributed by atoms with Gasteiger partial charge in [-0.15, -0.1) is 0 Å². The van der Waals surface area contributed by atoms with Crippen molar-refractivity contribution in [2.75, 3.05) is 12.3 Å². The summed E-state index contributed by atoms with van der Waals surface area (Å²) >= 11 is 0.442. The van der Waals surface area contributed by atoms with Crippen LogP contribution in [0.5, 0.6) is 0 Å². The van der Waals surface area contributed by atoms with E-state index in [1.807, 2.05) is 19.9 Å². The largest absolute Gasteiger partial charge is 0.401 e. The van der Waals surface area contributed by atoms with Gasteiger partial charge in [0.25, 0.3) is 5.25 Å². The maximum atomic E-state index is 12.6. The molecule has 0 unspecified atom stereocenters. The number of nitrogens with one attached hydrogen (secondary N) is 1. The Labute approximate surface area is 117 Å². The van der Waals surface area contributed by atoms with Crippen LogP contribution in [0.3, 0.4) is 0 Å². The SMILES string of the molecule is C=CN(CC=C(C)C)C(=N)/C=C(\N)CSC(C)(F)F. The van der Waals surface area contributed by atoms with Crippen LogP contribution in [0, 0.1) is 5.41 Å². The fraction of sp³-hybridized carbons (Fsp3) is 0.462. The van der Waals surface area contributed by atoms with Crippen LogP contribution >= 0.6 is 11.8 Å². The van der Waals surface area contributed by atoms with Crippen molar-refractivity contribution < 1.29 is 8.78 Å². The molecular weight excluding hydrogens is 268 g/mol. The number of thioether (sulfide) groups is 1. The fourth-order valence-corrected chi connectivity index (χ4v) is 1.57. The zero-order chi connectivity index (χ0) is 15.1. The second-order valence-corrected chi connectivity index (χ2v) is 5.61. The quantitative estimate of drug-likeness (QED) is 0.428. The number of alkyl halides is 2. The highest BCUT2D eigenvalue weighted by Gasteiger charge is 2.21. The minimum absolute atomic E-state index is 0.0144. The molecule has 3 nitrogen and oxygen atoms in total. The average Bonchev–Trinajstić information content (AvgIpc) is 2.26. The number of allylic oxidation sites excluding steroid dienone is 1. The molecule has 0 saturated carbocycles. The van der Waals surface area contributed by atoms with Gasteiger partial charge in [-0.05, 0) is 26.1 Å². The van der Waals surface area contributed by atoms with Crippen LogP contribution in [-0.2, 0) is 0 Å². The van der Waals surface area contributed by atoms with Gasteiger partial charge in [0.05, 0.1) is 0 Å². The molecule has 3 N–H and O–H groups in total. The topological polar surface area (TPSA) is 53.1 Å². The number of hydrogen-bond acceptors (Lipinski definition) is 3. The molecule has 0 saturated heterocycles. The van der Waals surface area contributed by atoms with Crippen molar-refractivity contribution in [3.8, 4) is 0 Å². The van der Waals surface area contributed by atoms with Gasteiger partial charge in [-0.25, -0.2) is 0 Å². The van der Waals surface area contributed by atoms with Crippen LogP contribution in [0.2, 0.25) is 0 Å². The Morgan fingerprint density at radius 1 is 1.47 bits per heavy atom. The van der Waals surface area contributed by atoms with E-state index in [1.165, 1.54) is 12.3 Å². The van der Waals surface area contributed by atoms with Crippen LogP contribution in [0.15, 0.2) is 36.2 Å². The van der Waals surface area contributed by atoms with Gasteiger partial charge in [0, 0.05) is 24.9 Å². The van der Waals surface area contributed by atoms with Crippen molar-refractivity contribution in [1.82, 2.24) is 4.90 Å². The van der Waals surface area contributed by atoms with Gasteiger partial charge in [0.2, 0.25) is 0 Å². The smallest absolute Gasteiger partial charge is 0.291 e. The van der Waals surface area contributed by atoms with E-state index in [0.29, 0.717) is 18.3 Å². The van der Waals surface area contributed by atoms with Gasteiger partial charge < -0.3 is 10.6 Å². The lowest BCUT2D eigenvalue weighted by molar-refractivity contribution is 0.129. The first kappa shape index (κ1) is 17.7. The molecule has 0 aliphatic rings. The predicted octanol–water partition coefficient (Wildman–Crippen LogP) is 3.56. The monoisotopic (exact) mass is 289 g/mol. The molecule has 108 valence electrons. The lowest BCUT2D eigenvalue weighted by Gasteiger charge is -2.17. The van der Waals surface area contributed by atoms with Gasteiger partial charge in [-0.1, -0.05) is 30.0 Å². The summed E-state index contributed by atoms with van der Waals surface area (Å²) < 4.78 is 25.3. The molecular formula is C13H21F2N3S. The number of amidine groups is 1. The van der Waals surface area contributed by atoms with E-state index < -0.39 is 5.25 Å². The highest BCUT2D eigenvalue weighted by Crippen LogP contribution is 2.28. The van der Waals surface area contributed by atoms with E-state index in [9.17, 15) is 8.78 Å². The third kappa shape index (κ3) is 9.30. The molecule has 0 atom stereocenters. The van der Waals surface area contributed by atoms with Crippen molar-refractivity contribution in [1.29, 1.82) is 5.41 Å². The van der Waals surface area contributed by atoms with Crippen LogP contribution < -0.4 is 5.73 Å². The molecule has 0 fully saturated rings. The summed E-state index contributed by atoms with van der Waals surface area (Å²) in [5.74, 6) is 0.115. The maximum Gasteiger partial charge on any atom is 0.291 e. The zero-order valence-electron chi connectivity index (χ0n) is 11.5. The van der Waals surface area contributed by atoms with Crippen molar-refractivity contribution in [2.45, 2.75) is 26.0 Å². The summed E-state index contributed by atoms with van der Waals surface area (Å²) in [7, 11) is 0. The lowest BCUT2D eigenvalue weighted by atomic mass is 10.3. The van der Waals surface area contributed by atoms with E-state index in [0.717, 1.165) is 12.5 Å². The average molecular weight is 289 g/mol. The second kappa shape index (κ2) is 7.99. The lowest BCUT2D eigenvalue weighted by Crippen LogP contribution is -2.24. The fourth-order valence-electron chi connectivity index (χ4n) is 1.06. The minimum Gasteiger partial charge on any atom is -0.401 e. The van der Waals surface area contributed by atoms with Gasteiger partial charge >= 0.3 is 0 Å². The Morgan fingerprint density at radius 2 is 2.05 bits per heavy atom.